The van der Waals surface area contributed by atoms with Gasteiger partial charge in [-0.25, -0.2) is 4.39 Å². The van der Waals surface area contributed by atoms with Gasteiger partial charge in [-0.15, -0.1) is 0 Å². The average molecular weight is 304 g/mol. The topological polar surface area (TPSA) is 29.9 Å². The summed E-state index contributed by atoms with van der Waals surface area (Å²) >= 11 is 3.42. The minimum atomic E-state index is -1.33. The van der Waals surface area contributed by atoms with Crippen molar-refractivity contribution in [3.63, 3.8) is 0 Å². The van der Waals surface area contributed by atoms with Crippen LogP contribution in [0.25, 0.3) is 0 Å². The maximum absolute atomic E-state index is 15.1. The van der Waals surface area contributed by atoms with Crippen LogP contribution in [-0.2, 0) is 12.2 Å². The normalized spacial score (nSPS) is 24.6. The molecule has 1 aliphatic rings. The summed E-state index contributed by atoms with van der Waals surface area (Å²) in [6.45, 7) is 6.10. The number of nitrogens with zero attached hydrogens (tertiary/aromatic N) is 2. The van der Waals surface area contributed by atoms with Gasteiger partial charge in [-0.2, -0.15) is 5.10 Å². The molecule has 0 saturated carbocycles. The van der Waals surface area contributed by atoms with Crippen molar-refractivity contribution in [2.75, 3.05) is 13.1 Å². The van der Waals surface area contributed by atoms with E-state index in [0.29, 0.717) is 12.2 Å². The summed E-state index contributed by atoms with van der Waals surface area (Å²) in [5.41, 5.74) is -0.660. The Balaban J connectivity index is 2.31. The fourth-order valence-corrected chi connectivity index (χ4v) is 3.28. The Hall–Kier alpha value is -0.420. The molecule has 1 aromatic heterocycles. The van der Waals surface area contributed by atoms with E-state index < -0.39 is 5.67 Å². The summed E-state index contributed by atoms with van der Waals surface area (Å²) in [4.78, 5) is 0. The number of nitrogens with one attached hydrogen (secondary N) is 1. The van der Waals surface area contributed by atoms with Gasteiger partial charge in [0.2, 0.25) is 0 Å². The standard InChI is InChI=1S/C12H19BrFN3/c1-3-17-11(10(13)8-16-17)12(2,14)9-5-4-6-15-7-9/h8-9,15H,3-7H2,1-2H3. The lowest BCUT2D eigenvalue weighted by Crippen LogP contribution is -2.41. The monoisotopic (exact) mass is 303 g/mol. The summed E-state index contributed by atoms with van der Waals surface area (Å²) < 4.78 is 17.6. The molecule has 0 aromatic carbocycles. The Morgan fingerprint density at radius 2 is 2.47 bits per heavy atom. The summed E-state index contributed by atoms with van der Waals surface area (Å²) in [5.74, 6) is 0.0227. The van der Waals surface area contributed by atoms with Crippen LogP contribution in [0.2, 0.25) is 0 Å². The molecule has 1 aromatic rings. The number of piperidine rings is 1. The van der Waals surface area contributed by atoms with E-state index >= 15 is 4.39 Å². The lowest BCUT2D eigenvalue weighted by Gasteiger charge is -2.34. The van der Waals surface area contributed by atoms with Crippen LogP contribution in [-0.4, -0.2) is 22.9 Å². The molecule has 1 saturated heterocycles. The molecule has 2 rings (SSSR count). The SMILES string of the molecule is CCn1ncc(Br)c1C(C)(F)C1CCCNC1. The minimum absolute atomic E-state index is 0.0227. The zero-order valence-corrected chi connectivity index (χ0v) is 11.9. The first-order valence-corrected chi connectivity index (χ1v) is 6.98. The Labute approximate surface area is 110 Å². The second-order valence-corrected chi connectivity index (χ2v) is 5.63. The molecule has 2 atom stereocenters. The quantitative estimate of drug-likeness (QED) is 0.930. The highest BCUT2D eigenvalue weighted by molar-refractivity contribution is 9.10. The van der Waals surface area contributed by atoms with Crippen LogP contribution in [0.15, 0.2) is 10.7 Å². The highest BCUT2D eigenvalue weighted by Gasteiger charge is 2.40. The van der Waals surface area contributed by atoms with E-state index in [0.717, 1.165) is 30.4 Å². The number of aromatic nitrogens is 2. The summed E-state index contributed by atoms with van der Waals surface area (Å²) in [6.07, 6.45) is 3.66. The van der Waals surface area contributed by atoms with Gasteiger partial charge in [0.05, 0.1) is 16.4 Å². The van der Waals surface area contributed by atoms with Crippen molar-refractivity contribution in [3.05, 3.63) is 16.4 Å². The second-order valence-electron chi connectivity index (χ2n) is 4.78. The maximum atomic E-state index is 15.1. The van der Waals surface area contributed by atoms with Gasteiger partial charge in [0.15, 0.2) is 5.67 Å². The van der Waals surface area contributed by atoms with Gasteiger partial charge in [-0.05, 0) is 49.2 Å². The molecule has 0 radical (unpaired) electrons. The molecule has 0 bridgehead atoms. The van der Waals surface area contributed by atoms with E-state index in [1.165, 1.54) is 0 Å². The average Bonchev–Trinajstić information content (AvgIpc) is 2.72. The van der Waals surface area contributed by atoms with E-state index in [1.807, 2.05) is 6.92 Å². The fourth-order valence-electron chi connectivity index (χ4n) is 2.60. The molecule has 96 valence electrons. The number of hydrogen-bond acceptors (Lipinski definition) is 2. The van der Waals surface area contributed by atoms with Gasteiger partial charge in [0.1, 0.15) is 0 Å². The molecule has 1 aliphatic heterocycles. The molecular formula is C12H19BrFN3. The zero-order valence-electron chi connectivity index (χ0n) is 10.3. The molecule has 2 unspecified atom stereocenters. The van der Waals surface area contributed by atoms with Crippen molar-refractivity contribution in [1.82, 2.24) is 15.1 Å². The first-order valence-electron chi connectivity index (χ1n) is 6.18. The minimum Gasteiger partial charge on any atom is -0.316 e. The molecule has 3 nitrogen and oxygen atoms in total. The Kier molecular flexibility index (Phi) is 3.88. The number of hydrogen-bond donors (Lipinski definition) is 1. The molecule has 0 aliphatic carbocycles. The predicted molar refractivity (Wildman–Crippen MR) is 69.7 cm³/mol. The van der Waals surface area contributed by atoms with E-state index in [2.05, 4.69) is 26.3 Å². The number of rotatable bonds is 3. The molecule has 0 amide bonds. The lowest BCUT2D eigenvalue weighted by atomic mass is 9.82. The van der Waals surface area contributed by atoms with Crippen LogP contribution < -0.4 is 5.32 Å². The molecular weight excluding hydrogens is 285 g/mol. The highest BCUT2D eigenvalue weighted by atomic mass is 79.9. The zero-order chi connectivity index (χ0) is 12.5. The van der Waals surface area contributed by atoms with E-state index in [1.54, 1.807) is 17.8 Å². The van der Waals surface area contributed by atoms with Crippen LogP contribution in [0.1, 0.15) is 32.4 Å². The van der Waals surface area contributed by atoms with Crippen molar-refractivity contribution in [2.45, 2.75) is 38.9 Å². The smallest absolute Gasteiger partial charge is 0.154 e. The number of alkyl halides is 1. The Bertz CT molecular complexity index is 383. The molecule has 1 N–H and O–H groups in total. The van der Waals surface area contributed by atoms with Gasteiger partial charge in [-0.3, -0.25) is 4.68 Å². The molecule has 1 fully saturated rings. The third-order valence-corrected chi connectivity index (χ3v) is 4.20. The van der Waals surface area contributed by atoms with Crippen molar-refractivity contribution in [2.24, 2.45) is 5.92 Å². The molecule has 2 heterocycles. The van der Waals surface area contributed by atoms with Crippen molar-refractivity contribution >= 4 is 15.9 Å². The molecule has 0 spiro atoms. The third kappa shape index (κ3) is 2.40. The molecule has 5 heteroatoms. The van der Waals surface area contributed by atoms with Gasteiger partial charge < -0.3 is 5.32 Å². The Morgan fingerprint density at radius 1 is 1.71 bits per heavy atom. The first-order chi connectivity index (χ1) is 8.07. The van der Waals surface area contributed by atoms with E-state index in [9.17, 15) is 0 Å². The summed E-state index contributed by atoms with van der Waals surface area (Å²) in [5, 5.41) is 7.48. The van der Waals surface area contributed by atoms with Crippen molar-refractivity contribution in [3.8, 4) is 0 Å². The van der Waals surface area contributed by atoms with E-state index in [-0.39, 0.29) is 5.92 Å². The number of aryl methyl sites for hydroxylation is 1. The van der Waals surface area contributed by atoms with Gasteiger partial charge in [-0.1, -0.05) is 0 Å². The van der Waals surface area contributed by atoms with Gasteiger partial charge in [0, 0.05) is 19.0 Å². The summed E-state index contributed by atoms with van der Waals surface area (Å²) in [7, 11) is 0. The van der Waals surface area contributed by atoms with Gasteiger partial charge >= 0.3 is 0 Å². The van der Waals surface area contributed by atoms with Crippen molar-refractivity contribution in [1.29, 1.82) is 0 Å². The maximum Gasteiger partial charge on any atom is 0.154 e. The Morgan fingerprint density at radius 3 is 3.06 bits per heavy atom. The third-order valence-electron chi connectivity index (χ3n) is 3.62. The highest BCUT2D eigenvalue weighted by Crippen LogP contribution is 2.40. The predicted octanol–water partition coefficient (Wildman–Crippen LogP) is 2.85. The van der Waals surface area contributed by atoms with Gasteiger partial charge in [0.25, 0.3) is 0 Å². The van der Waals surface area contributed by atoms with Crippen molar-refractivity contribution < 1.29 is 4.39 Å². The van der Waals surface area contributed by atoms with Crippen LogP contribution in [0, 0.1) is 5.92 Å². The fraction of sp³-hybridized carbons (Fsp3) is 0.750. The second kappa shape index (κ2) is 5.06. The molecule has 17 heavy (non-hydrogen) atoms. The van der Waals surface area contributed by atoms with Crippen LogP contribution in [0.3, 0.4) is 0 Å². The largest absolute Gasteiger partial charge is 0.316 e. The van der Waals surface area contributed by atoms with Crippen LogP contribution >= 0.6 is 15.9 Å². The summed E-state index contributed by atoms with van der Waals surface area (Å²) in [6, 6.07) is 0. The van der Waals surface area contributed by atoms with Crippen LogP contribution in [0.4, 0.5) is 4.39 Å². The van der Waals surface area contributed by atoms with E-state index in [4.69, 9.17) is 0 Å². The van der Waals surface area contributed by atoms with Crippen LogP contribution in [0.5, 0.6) is 0 Å². The number of halogens is 2. The lowest BCUT2D eigenvalue weighted by molar-refractivity contribution is 0.0706. The first kappa shape index (κ1) is 13.0.